The Morgan fingerprint density at radius 2 is 0.545 bits per heavy atom. The van der Waals surface area contributed by atoms with Crippen molar-refractivity contribution >= 4 is 53.9 Å². The smallest absolute Gasteiger partial charge is 0.00992 e. The molecule has 0 bridgehead atoms. The van der Waals surface area contributed by atoms with E-state index in [1.807, 2.05) is 0 Å². The zero-order valence-electron chi connectivity index (χ0n) is 24.2. The first kappa shape index (κ1) is 24.8. The molecule has 44 heavy (non-hydrogen) atoms. The first-order valence-electron chi connectivity index (χ1n) is 15.2. The van der Waals surface area contributed by atoms with Crippen molar-refractivity contribution in [3.8, 4) is 33.4 Å². The van der Waals surface area contributed by atoms with Crippen LogP contribution in [-0.2, 0) is 0 Å². The lowest BCUT2D eigenvalue weighted by atomic mass is 9.93. The topological polar surface area (TPSA) is 0 Å². The van der Waals surface area contributed by atoms with Crippen LogP contribution in [0.4, 0.5) is 0 Å². The van der Waals surface area contributed by atoms with Crippen molar-refractivity contribution in [2.75, 3.05) is 0 Å². The quantitative estimate of drug-likeness (QED) is 0.190. The fraction of sp³-hybridized carbons (Fsp3) is 0. The van der Waals surface area contributed by atoms with Gasteiger partial charge in [0.25, 0.3) is 0 Å². The normalized spacial score (nSPS) is 11.6. The molecule has 0 fully saturated rings. The minimum Gasteiger partial charge on any atom is -0.0616 e. The number of hydrogen-bond acceptors (Lipinski definition) is 0. The summed E-state index contributed by atoms with van der Waals surface area (Å²) >= 11 is 0. The van der Waals surface area contributed by atoms with Crippen LogP contribution in [0, 0.1) is 0 Å². The molecule has 0 aliphatic heterocycles. The van der Waals surface area contributed by atoms with E-state index in [9.17, 15) is 0 Å². The lowest BCUT2D eigenvalue weighted by Gasteiger charge is -2.11. The van der Waals surface area contributed by atoms with Crippen molar-refractivity contribution in [3.05, 3.63) is 170 Å². The van der Waals surface area contributed by atoms with Gasteiger partial charge >= 0.3 is 0 Å². The van der Waals surface area contributed by atoms with Crippen molar-refractivity contribution in [1.82, 2.24) is 0 Å². The van der Waals surface area contributed by atoms with Gasteiger partial charge in [-0.2, -0.15) is 0 Å². The standard InChI is InChI=1S/C44H28/c1-2-7-34-25-35(17-13-29(34)5-1)30-9-11-31(12-10-30)36-21-23-42-39(26-36)19-20-40-27-37(22-24-43(40)42)38-18-16-33-15-14-32-6-3-4-8-41(32)44(33)28-38/h1-28H. The molecular formula is C44H28. The van der Waals surface area contributed by atoms with Crippen LogP contribution in [0.2, 0.25) is 0 Å². The molecular weight excluding hydrogens is 528 g/mol. The summed E-state index contributed by atoms with van der Waals surface area (Å²) in [6.07, 6.45) is 0. The van der Waals surface area contributed by atoms with Gasteiger partial charge in [-0.1, -0.05) is 146 Å². The molecule has 0 N–H and O–H groups in total. The van der Waals surface area contributed by atoms with Crippen molar-refractivity contribution < 1.29 is 0 Å². The van der Waals surface area contributed by atoms with Crippen LogP contribution in [-0.4, -0.2) is 0 Å². The monoisotopic (exact) mass is 556 g/mol. The first-order chi connectivity index (χ1) is 21.8. The molecule has 0 saturated carbocycles. The van der Waals surface area contributed by atoms with Gasteiger partial charge in [0.05, 0.1) is 0 Å². The van der Waals surface area contributed by atoms with E-state index >= 15 is 0 Å². The molecule has 0 atom stereocenters. The maximum atomic E-state index is 2.34. The summed E-state index contributed by atoms with van der Waals surface area (Å²) in [6.45, 7) is 0. The van der Waals surface area contributed by atoms with E-state index in [1.54, 1.807) is 0 Å². The maximum absolute atomic E-state index is 2.34. The average Bonchev–Trinajstić information content (AvgIpc) is 3.10. The Balaban J connectivity index is 1.05. The first-order valence-corrected chi connectivity index (χ1v) is 15.2. The van der Waals surface area contributed by atoms with Gasteiger partial charge < -0.3 is 0 Å². The Kier molecular flexibility index (Phi) is 5.61. The summed E-state index contributed by atoms with van der Waals surface area (Å²) in [4.78, 5) is 0. The molecule has 0 heteroatoms. The summed E-state index contributed by atoms with van der Waals surface area (Å²) in [5.74, 6) is 0. The molecule has 0 amide bonds. The number of fused-ring (bicyclic) bond motifs is 7. The molecule has 0 radical (unpaired) electrons. The molecule has 9 aromatic carbocycles. The van der Waals surface area contributed by atoms with E-state index in [4.69, 9.17) is 0 Å². The third-order valence-corrected chi connectivity index (χ3v) is 9.22. The second-order valence-corrected chi connectivity index (χ2v) is 11.8. The Hall–Kier alpha value is -5.72. The molecule has 0 heterocycles. The van der Waals surface area contributed by atoms with Gasteiger partial charge in [0.1, 0.15) is 0 Å². The van der Waals surface area contributed by atoms with E-state index in [2.05, 4.69) is 170 Å². The van der Waals surface area contributed by atoms with Crippen molar-refractivity contribution in [3.63, 3.8) is 0 Å². The number of benzene rings is 9. The third kappa shape index (κ3) is 4.15. The van der Waals surface area contributed by atoms with Gasteiger partial charge in [-0.15, -0.1) is 0 Å². The molecule has 9 aromatic rings. The van der Waals surface area contributed by atoms with Gasteiger partial charge in [-0.3, -0.25) is 0 Å². The van der Waals surface area contributed by atoms with Crippen molar-refractivity contribution in [2.24, 2.45) is 0 Å². The summed E-state index contributed by atoms with van der Waals surface area (Å²) in [6, 6.07) is 62.4. The van der Waals surface area contributed by atoms with Gasteiger partial charge in [0, 0.05) is 0 Å². The van der Waals surface area contributed by atoms with E-state index in [-0.39, 0.29) is 0 Å². The van der Waals surface area contributed by atoms with Crippen LogP contribution in [0.3, 0.4) is 0 Å². The van der Waals surface area contributed by atoms with Crippen LogP contribution in [0.1, 0.15) is 0 Å². The van der Waals surface area contributed by atoms with Gasteiger partial charge in [0.2, 0.25) is 0 Å². The lowest BCUT2D eigenvalue weighted by Crippen LogP contribution is -1.85. The van der Waals surface area contributed by atoms with Crippen molar-refractivity contribution in [2.45, 2.75) is 0 Å². The highest BCUT2D eigenvalue weighted by atomic mass is 14.1. The molecule has 9 rings (SSSR count). The molecule has 0 saturated heterocycles. The summed E-state index contributed by atoms with van der Waals surface area (Å²) < 4.78 is 0. The van der Waals surface area contributed by atoms with Crippen LogP contribution >= 0.6 is 0 Å². The molecule has 204 valence electrons. The second kappa shape index (κ2) is 9.93. The zero-order valence-corrected chi connectivity index (χ0v) is 24.2. The highest BCUT2D eigenvalue weighted by molar-refractivity contribution is 6.11. The zero-order chi connectivity index (χ0) is 29.0. The van der Waals surface area contributed by atoms with Crippen molar-refractivity contribution in [1.29, 1.82) is 0 Å². The molecule has 0 aromatic heterocycles. The van der Waals surface area contributed by atoms with E-state index in [0.29, 0.717) is 0 Å². The van der Waals surface area contributed by atoms with E-state index in [0.717, 1.165) is 0 Å². The van der Waals surface area contributed by atoms with Crippen LogP contribution < -0.4 is 0 Å². The van der Waals surface area contributed by atoms with E-state index in [1.165, 1.54) is 87.2 Å². The van der Waals surface area contributed by atoms with Gasteiger partial charge in [-0.25, -0.2) is 0 Å². The van der Waals surface area contributed by atoms with Crippen LogP contribution in [0.5, 0.6) is 0 Å². The van der Waals surface area contributed by atoms with Gasteiger partial charge in [0.15, 0.2) is 0 Å². The Morgan fingerprint density at radius 1 is 0.182 bits per heavy atom. The minimum absolute atomic E-state index is 1.23. The predicted octanol–water partition coefficient (Wildman–Crippen LogP) is 12.5. The van der Waals surface area contributed by atoms with Gasteiger partial charge in [-0.05, 0) is 112 Å². The summed E-state index contributed by atoms with van der Waals surface area (Å²) in [5.41, 5.74) is 7.45. The highest BCUT2D eigenvalue weighted by Gasteiger charge is 2.08. The van der Waals surface area contributed by atoms with E-state index < -0.39 is 0 Å². The fourth-order valence-electron chi connectivity index (χ4n) is 6.84. The Morgan fingerprint density at radius 3 is 1.20 bits per heavy atom. The average molecular weight is 557 g/mol. The maximum Gasteiger partial charge on any atom is -0.00992 e. The summed E-state index contributed by atoms with van der Waals surface area (Å²) in [5, 5.41) is 12.8. The number of rotatable bonds is 3. The second-order valence-electron chi connectivity index (χ2n) is 11.8. The molecule has 0 aliphatic rings. The third-order valence-electron chi connectivity index (χ3n) is 9.22. The highest BCUT2D eigenvalue weighted by Crippen LogP contribution is 2.35. The number of hydrogen-bond donors (Lipinski definition) is 0. The molecule has 0 spiro atoms. The minimum atomic E-state index is 1.23. The largest absolute Gasteiger partial charge is 0.0616 e. The SMILES string of the molecule is c1ccc2cc(-c3ccc(-c4ccc5c(ccc6cc(-c7ccc8ccc9ccccc9c8c7)ccc65)c4)cc3)ccc2c1. The Labute approximate surface area is 256 Å². The molecule has 0 nitrogen and oxygen atoms in total. The predicted molar refractivity (Wildman–Crippen MR) is 190 cm³/mol. The Bertz CT molecular complexity index is 2530. The molecule has 0 aliphatic carbocycles. The lowest BCUT2D eigenvalue weighted by molar-refractivity contribution is 1.62. The molecule has 0 unspecified atom stereocenters. The fourth-order valence-corrected chi connectivity index (χ4v) is 6.84. The van der Waals surface area contributed by atoms with Crippen LogP contribution in [0.25, 0.3) is 87.2 Å². The van der Waals surface area contributed by atoms with Crippen LogP contribution in [0.15, 0.2) is 170 Å². The summed E-state index contributed by atoms with van der Waals surface area (Å²) in [7, 11) is 0.